The van der Waals surface area contributed by atoms with Crippen molar-refractivity contribution in [1.29, 1.82) is 0 Å². The van der Waals surface area contributed by atoms with Gasteiger partial charge in [-0.05, 0) is 42.4 Å². The van der Waals surface area contributed by atoms with Gasteiger partial charge in [0.1, 0.15) is 22.8 Å². The van der Waals surface area contributed by atoms with Crippen molar-refractivity contribution in [2.45, 2.75) is 38.9 Å². The molecule has 0 aliphatic heterocycles. The summed E-state index contributed by atoms with van der Waals surface area (Å²) in [5.41, 5.74) is 0.964. The molecule has 5 nitrogen and oxygen atoms in total. The molecular formula is C22H23BrClFN2O3Si. The van der Waals surface area contributed by atoms with E-state index in [9.17, 15) is 4.79 Å². The highest BCUT2D eigenvalue weighted by Crippen LogP contribution is 2.41. The molecule has 0 aliphatic carbocycles. The van der Waals surface area contributed by atoms with E-state index in [1.54, 1.807) is 12.1 Å². The average Bonchev–Trinajstić information content (AvgIpc) is 2.66. The van der Waals surface area contributed by atoms with E-state index in [1.807, 2.05) is 6.07 Å². The van der Waals surface area contributed by atoms with Crippen LogP contribution in [0.2, 0.25) is 23.3 Å². The standard InChI is InChI=1S/C22H23BrClFN2O3Si/c1-22(2,3)31(5,6)30-16-11-12(23)10-15-19(16)27-18(20(24)26-15)13-8-7-9-14(17(13)25)21(28)29-4/h7-11H,1-6H3. The Morgan fingerprint density at radius 1 is 1.19 bits per heavy atom. The number of carbonyl (C=O) groups is 1. The van der Waals surface area contributed by atoms with Crippen LogP contribution in [0.1, 0.15) is 31.1 Å². The molecular weight excluding hydrogens is 503 g/mol. The molecule has 0 spiro atoms. The second-order valence-corrected chi connectivity index (χ2v) is 14.7. The highest BCUT2D eigenvalue weighted by atomic mass is 79.9. The smallest absolute Gasteiger partial charge is 0.340 e. The van der Waals surface area contributed by atoms with Gasteiger partial charge in [0.25, 0.3) is 8.32 Å². The Morgan fingerprint density at radius 3 is 2.48 bits per heavy atom. The number of nitrogens with zero attached hydrogens (tertiary/aromatic N) is 2. The molecule has 2 aromatic carbocycles. The fourth-order valence-corrected chi connectivity index (χ4v) is 4.41. The van der Waals surface area contributed by atoms with E-state index in [-0.39, 0.29) is 27.0 Å². The number of aromatic nitrogens is 2. The third-order valence-electron chi connectivity index (χ3n) is 5.49. The minimum atomic E-state index is -2.19. The molecule has 0 amide bonds. The van der Waals surface area contributed by atoms with Crippen molar-refractivity contribution in [2.24, 2.45) is 0 Å². The Balaban J connectivity index is 2.24. The number of halogens is 3. The quantitative estimate of drug-likeness (QED) is 0.270. The molecule has 0 unspecified atom stereocenters. The van der Waals surface area contributed by atoms with Crippen LogP contribution in [0.5, 0.6) is 5.75 Å². The molecule has 0 saturated carbocycles. The Bertz CT molecular complexity index is 1180. The highest BCUT2D eigenvalue weighted by molar-refractivity contribution is 9.10. The van der Waals surface area contributed by atoms with Gasteiger partial charge in [-0.2, -0.15) is 0 Å². The normalized spacial score (nSPS) is 12.2. The third-order valence-corrected chi connectivity index (χ3v) is 10.6. The number of esters is 1. The van der Waals surface area contributed by atoms with Crippen molar-refractivity contribution in [3.63, 3.8) is 0 Å². The Kier molecular flexibility index (Phi) is 6.46. The Hall–Kier alpha value is -2.03. The van der Waals surface area contributed by atoms with Gasteiger partial charge in [0.2, 0.25) is 0 Å². The van der Waals surface area contributed by atoms with Gasteiger partial charge in [0, 0.05) is 10.0 Å². The molecule has 9 heteroatoms. The monoisotopic (exact) mass is 524 g/mol. The minimum Gasteiger partial charge on any atom is -0.542 e. The molecule has 0 N–H and O–H groups in total. The van der Waals surface area contributed by atoms with Crippen LogP contribution in [0.15, 0.2) is 34.8 Å². The van der Waals surface area contributed by atoms with Crippen LogP contribution in [0.3, 0.4) is 0 Å². The van der Waals surface area contributed by atoms with E-state index in [0.29, 0.717) is 16.8 Å². The van der Waals surface area contributed by atoms with Gasteiger partial charge in [-0.3, -0.25) is 0 Å². The van der Waals surface area contributed by atoms with Gasteiger partial charge in [-0.15, -0.1) is 0 Å². The second kappa shape index (κ2) is 8.48. The lowest BCUT2D eigenvalue weighted by Gasteiger charge is -2.36. The Morgan fingerprint density at radius 2 is 1.87 bits per heavy atom. The maximum absolute atomic E-state index is 15.1. The van der Waals surface area contributed by atoms with Gasteiger partial charge in [-0.25, -0.2) is 19.2 Å². The van der Waals surface area contributed by atoms with Crippen LogP contribution in [0.25, 0.3) is 22.3 Å². The molecule has 31 heavy (non-hydrogen) atoms. The van der Waals surface area contributed by atoms with Crippen molar-refractivity contribution in [2.75, 3.05) is 7.11 Å². The van der Waals surface area contributed by atoms with E-state index < -0.39 is 20.1 Å². The fraction of sp³-hybridized carbons (Fsp3) is 0.318. The molecule has 0 saturated heterocycles. The lowest BCUT2D eigenvalue weighted by atomic mass is 10.1. The van der Waals surface area contributed by atoms with E-state index in [2.05, 4.69) is 64.5 Å². The van der Waals surface area contributed by atoms with E-state index in [1.165, 1.54) is 19.2 Å². The molecule has 3 aromatic rings. The first-order valence-corrected chi connectivity index (χ1v) is 13.7. The van der Waals surface area contributed by atoms with Crippen molar-refractivity contribution in [3.8, 4) is 17.0 Å². The molecule has 1 aromatic heterocycles. The summed E-state index contributed by atoms with van der Waals surface area (Å²) >= 11 is 9.87. The number of ether oxygens (including phenoxy) is 1. The lowest BCUT2D eigenvalue weighted by molar-refractivity contribution is 0.0595. The minimum absolute atomic E-state index is 0.0183. The van der Waals surface area contributed by atoms with Crippen molar-refractivity contribution in [1.82, 2.24) is 9.97 Å². The summed E-state index contributed by atoms with van der Waals surface area (Å²) in [6.45, 7) is 10.7. The molecule has 0 atom stereocenters. The summed E-state index contributed by atoms with van der Waals surface area (Å²) < 4.78 is 27.0. The topological polar surface area (TPSA) is 61.3 Å². The highest BCUT2D eigenvalue weighted by Gasteiger charge is 2.39. The number of hydrogen-bond acceptors (Lipinski definition) is 5. The summed E-state index contributed by atoms with van der Waals surface area (Å²) in [7, 11) is -0.999. The molecule has 0 bridgehead atoms. The van der Waals surface area contributed by atoms with E-state index >= 15 is 4.39 Å². The van der Waals surface area contributed by atoms with Crippen LogP contribution in [0.4, 0.5) is 4.39 Å². The number of carbonyl (C=O) groups excluding carboxylic acids is 1. The lowest BCUT2D eigenvalue weighted by Crippen LogP contribution is -2.43. The molecule has 3 rings (SSSR count). The molecule has 0 aliphatic rings. The van der Waals surface area contributed by atoms with Gasteiger partial charge in [0.15, 0.2) is 5.15 Å². The summed E-state index contributed by atoms with van der Waals surface area (Å²) in [6, 6.07) is 7.99. The second-order valence-electron chi connectivity index (χ2n) is 8.66. The predicted molar refractivity (Wildman–Crippen MR) is 127 cm³/mol. The molecule has 164 valence electrons. The fourth-order valence-electron chi connectivity index (χ4n) is 2.73. The number of benzene rings is 2. The third kappa shape index (κ3) is 4.61. The zero-order valence-corrected chi connectivity index (χ0v) is 21.5. The summed E-state index contributed by atoms with van der Waals surface area (Å²) in [5.74, 6) is -1.00. The van der Waals surface area contributed by atoms with Crippen molar-refractivity contribution < 1.29 is 18.3 Å². The largest absolute Gasteiger partial charge is 0.542 e. The number of hydrogen-bond donors (Lipinski definition) is 0. The van der Waals surface area contributed by atoms with Crippen molar-refractivity contribution in [3.05, 3.63) is 51.3 Å². The van der Waals surface area contributed by atoms with Gasteiger partial charge < -0.3 is 9.16 Å². The maximum atomic E-state index is 15.1. The van der Waals surface area contributed by atoms with E-state index in [4.69, 9.17) is 16.0 Å². The van der Waals surface area contributed by atoms with Gasteiger partial charge in [0.05, 0.1) is 18.2 Å². The van der Waals surface area contributed by atoms with Crippen LogP contribution in [-0.4, -0.2) is 31.4 Å². The van der Waals surface area contributed by atoms with Gasteiger partial charge >= 0.3 is 5.97 Å². The molecule has 0 radical (unpaired) electrons. The number of rotatable bonds is 4. The predicted octanol–water partition coefficient (Wildman–Crippen LogP) is 7.02. The summed E-state index contributed by atoms with van der Waals surface area (Å²) in [6.07, 6.45) is 0. The summed E-state index contributed by atoms with van der Waals surface area (Å²) in [5, 5.41) is -0.0181. The zero-order valence-electron chi connectivity index (χ0n) is 18.1. The van der Waals surface area contributed by atoms with Crippen LogP contribution >= 0.6 is 27.5 Å². The number of methoxy groups -OCH3 is 1. The molecule has 0 fully saturated rings. The van der Waals surface area contributed by atoms with Gasteiger partial charge in [-0.1, -0.05) is 54.4 Å². The zero-order chi connectivity index (χ0) is 23.1. The maximum Gasteiger partial charge on any atom is 0.340 e. The SMILES string of the molecule is COC(=O)c1cccc(-c2nc3c(O[Si](C)(C)C(C)(C)C)cc(Br)cc3nc2Cl)c1F. The Labute approximate surface area is 195 Å². The summed E-state index contributed by atoms with van der Waals surface area (Å²) in [4.78, 5) is 21.0. The van der Waals surface area contributed by atoms with E-state index in [0.717, 1.165) is 4.47 Å². The first-order chi connectivity index (χ1) is 14.4. The first-order valence-electron chi connectivity index (χ1n) is 9.58. The van der Waals surface area contributed by atoms with Crippen LogP contribution in [-0.2, 0) is 4.74 Å². The average molecular weight is 526 g/mol. The van der Waals surface area contributed by atoms with Crippen LogP contribution in [0, 0.1) is 5.82 Å². The number of fused-ring (bicyclic) bond motifs is 1. The van der Waals surface area contributed by atoms with Crippen molar-refractivity contribution >= 4 is 52.9 Å². The van der Waals surface area contributed by atoms with Crippen LogP contribution < -0.4 is 4.43 Å². The molecule has 1 heterocycles. The first kappa shape index (κ1) is 23.6.